The molecule has 1 atom stereocenters. The molecule has 3 rings (SSSR count). The van der Waals surface area contributed by atoms with E-state index in [4.69, 9.17) is 4.74 Å². The maximum atomic E-state index is 12.8. The van der Waals surface area contributed by atoms with Gasteiger partial charge in [0.05, 0.1) is 10.1 Å². The van der Waals surface area contributed by atoms with Crippen LogP contribution in [0.1, 0.15) is 25.7 Å². The van der Waals surface area contributed by atoms with Gasteiger partial charge < -0.3 is 20.3 Å². The van der Waals surface area contributed by atoms with Crippen LogP contribution in [0.2, 0.25) is 0 Å². The fourth-order valence-electron chi connectivity index (χ4n) is 3.42. The van der Waals surface area contributed by atoms with Crippen LogP contribution in [0.25, 0.3) is 0 Å². The maximum absolute atomic E-state index is 12.8. The Morgan fingerprint density at radius 1 is 1.22 bits per heavy atom. The molecule has 1 aromatic rings. The number of likely N-dealkylation sites (tertiary alicyclic amines) is 1. The number of carbonyl (C=O) groups is 2. The summed E-state index contributed by atoms with van der Waals surface area (Å²) >= 11 is 0. The van der Waals surface area contributed by atoms with Crippen LogP contribution in [0.5, 0.6) is 0 Å². The van der Waals surface area contributed by atoms with Gasteiger partial charge in [-0.25, -0.2) is 13.2 Å². The van der Waals surface area contributed by atoms with Crippen molar-refractivity contribution >= 4 is 27.5 Å². The van der Waals surface area contributed by atoms with Crippen LogP contribution >= 0.6 is 0 Å². The summed E-state index contributed by atoms with van der Waals surface area (Å²) in [4.78, 5) is 26.1. The number of hydrogen-bond acceptors (Lipinski definition) is 5. The molecule has 1 unspecified atom stereocenters. The molecule has 3 amide bonds. The minimum atomic E-state index is -3.48. The quantitative estimate of drug-likeness (QED) is 0.801. The Morgan fingerprint density at radius 3 is 2.70 bits per heavy atom. The van der Waals surface area contributed by atoms with E-state index in [1.807, 2.05) is 0 Å². The summed E-state index contributed by atoms with van der Waals surface area (Å²) in [5, 5.41) is 4.83. The molecule has 27 heavy (non-hydrogen) atoms. The van der Waals surface area contributed by atoms with Gasteiger partial charge in [0.15, 0.2) is 9.84 Å². The third-order valence-electron chi connectivity index (χ3n) is 4.99. The summed E-state index contributed by atoms with van der Waals surface area (Å²) < 4.78 is 30.8. The molecule has 1 aromatic carbocycles. The number of hydrogen-bond donors (Lipinski definition) is 2. The van der Waals surface area contributed by atoms with Gasteiger partial charge in [-0.05, 0) is 43.9 Å². The highest BCUT2D eigenvalue weighted by molar-refractivity contribution is 7.92. The number of anilines is 1. The summed E-state index contributed by atoms with van der Waals surface area (Å²) in [6.45, 7) is 1.56. The van der Waals surface area contributed by atoms with Crippen LogP contribution in [0.3, 0.4) is 0 Å². The van der Waals surface area contributed by atoms with Crippen molar-refractivity contribution < 1.29 is 22.7 Å². The van der Waals surface area contributed by atoms with E-state index in [0.29, 0.717) is 44.7 Å². The number of likely N-dealkylation sites (N-methyl/N-ethyl adjacent to an activating group) is 1. The molecule has 8 nitrogen and oxygen atoms in total. The van der Waals surface area contributed by atoms with E-state index in [0.717, 1.165) is 6.42 Å². The first kappa shape index (κ1) is 19.6. The van der Waals surface area contributed by atoms with Gasteiger partial charge in [-0.2, -0.15) is 0 Å². The van der Waals surface area contributed by atoms with Crippen LogP contribution in [0.15, 0.2) is 29.2 Å². The van der Waals surface area contributed by atoms with Crippen molar-refractivity contribution in [2.75, 3.05) is 32.1 Å². The molecule has 0 aliphatic carbocycles. The second-order valence-corrected chi connectivity index (χ2v) is 9.17. The van der Waals surface area contributed by atoms with Gasteiger partial charge in [0.2, 0.25) is 5.91 Å². The van der Waals surface area contributed by atoms with E-state index in [2.05, 4.69) is 10.6 Å². The monoisotopic (exact) mass is 395 g/mol. The summed E-state index contributed by atoms with van der Waals surface area (Å²) in [6.07, 6.45) is 2.36. The number of urea groups is 1. The molecule has 0 radical (unpaired) electrons. The fourth-order valence-corrected chi connectivity index (χ4v) is 5.18. The van der Waals surface area contributed by atoms with E-state index in [1.165, 1.54) is 12.1 Å². The topological polar surface area (TPSA) is 105 Å². The van der Waals surface area contributed by atoms with Crippen molar-refractivity contribution in [2.45, 2.75) is 41.9 Å². The Hall–Kier alpha value is -2.13. The summed E-state index contributed by atoms with van der Waals surface area (Å²) in [7, 11) is -1.77. The Balaban J connectivity index is 1.66. The predicted octanol–water partition coefficient (Wildman–Crippen LogP) is 1.38. The van der Waals surface area contributed by atoms with Crippen LogP contribution in [-0.4, -0.2) is 63.4 Å². The number of amides is 3. The van der Waals surface area contributed by atoms with Crippen LogP contribution in [-0.2, 0) is 19.4 Å². The molecular formula is C18H25N3O5S. The number of nitrogens with zero attached hydrogens (tertiary/aromatic N) is 1. The summed E-state index contributed by atoms with van der Waals surface area (Å²) in [5.74, 6) is -0.118. The number of carbonyl (C=O) groups excluding carboxylic acids is 2. The van der Waals surface area contributed by atoms with Crippen LogP contribution in [0.4, 0.5) is 10.5 Å². The molecule has 2 saturated heterocycles. The zero-order valence-electron chi connectivity index (χ0n) is 15.3. The van der Waals surface area contributed by atoms with Gasteiger partial charge in [0, 0.05) is 32.5 Å². The third-order valence-corrected chi connectivity index (χ3v) is 7.25. The van der Waals surface area contributed by atoms with Crippen LogP contribution < -0.4 is 10.6 Å². The average Bonchev–Trinajstić information content (AvgIpc) is 2.66. The first-order valence-electron chi connectivity index (χ1n) is 9.12. The molecule has 0 spiro atoms. The molecular weight excluding hydrogens is 370 g/mol. The Morgan fingerprint density at radius 2 is 1.96 bits per heavy atom. The normalized spacial score (nSPS) is 21.7. The smallest absolute Gasteiger partial charge is 0.319 e. The molecule has 9 heteroatoms. The Bertz CT molecular complexity index is 805. The van der Waals surface area contributed by atoms with Crippen molar-refractivity contribution in [2.24, 2.45) is 0 Å². The average molecular weight is 395 g/mol. The third kappa shape index (κ3) is 4.59. The van der Waals surface area contributed by atoms with Gasteiger partial charge in [-0.3, -0.25) is 4.79 Å². The minimum absolute atomic E-state index is 0.118. The highest BCUT2D eigenvalue weighted by Gasteiger charge is 2.30. The molecule has 2 fully saturated rings. The van der Waals surface area contributed by atoms with Crippen molar-refractivity contribution in [1.29, 1.82) is 0 Å². The molecule has 0 saturated carbocycles. The van der Waals surface area contributed by atoms with Gasteiger partial charge in [0.1, 0.15) is 6.04 Å². The lowest BCUT2D eigenvalue weighted by Crippen LogP contribution is -2.51. The predicted molar refractivity (Wildman–Crippen MR) is 100 cm³/mol. The fraction of sp³-hybridized carbons (Fsp3) is 0.556. The number of rotatable bonds is 4. The van der Waals surface area contributed by atoms with Crippen molar-refractivity contribution in [1.82, 2.24) is 10.2 Å². The molecule has 2 heterocycles. The molecule has 2 aliphatic rings. The van der Waals surface area contributed by atoms with Gasteiger partial charge in [-0.1, -0.05) is 6.07 Å². The van der Waals surface area contributed by atoms with E-state index in [9.17, 15) is 18.0 Å². The highest BCUT2D eigenvalue weighted by atomic mass is 32.2. The van der Waals surface area contributed by atoms with E-state index in [-0.39, 0.29) is 10.8 Å². The Labute approximate surface area is 159 Å². The molecule has 0 aromatic heterocycles. The standard InChI is InChI=1S/C18H25N3O5S/c1-21-9-3-6-16(17(21)22)20-18(23)19-13-4-2-5-15(12-13)27(24,25)14-7-10-26-11-8-14/h2,4-5,12,14,16H,3,6-11H2,1H3,(H2,19,20,23). The lowest BCUT2D eigenvalue weighted by Gasteiger charge is -2.29. The lowest BCUT2D eigenvalue weighted by atomic mass is 10.1. The SMILES string of the molecule is CN1CCCC(NC(=O)Nc2cccc(S(=O)(=O)C3CCOCC3)c2)C1=O. The molecule has 2 aliphatic heterocycles. The van der Waals surface area contributed by atoms with Gasteiger partial charge >= 0.3 is 6.03 Å². The Kier molecular flexibility index (Phi) is 6.01. The van der Waals surface area contributed by atoms with Crippen molar-refractivity contribution in [3.05, 3.63) is 24.3 Å². The number of ether oxygens (including phenoxy) is 1. The second-order valence-electron chi connectivity index (χ2n) is 6.94. The highest BCUT2D eigenvalue weighted by Crippen LogP contribution is 2.25. The van der Waals surface area contributed by atoms with Crippen molar-refractivity contribution in [3.63, 3.8) is 0 Å². The van der Waals surface area contributed by atoms with Crippen LogP contribution in [0, 0.1) is 0 Å². The van der Waals surface area contributed by atoms with E-state index >= 15 is 0 Å². The first-order chi connectivity index (χ1) is 12.9. The number of piperidine rings is 1. The zero-order chi connectivity index (χ0) is 19.4. The number of benzene rings is 1. The van der Waals surface area contributed by atoms with Gasteiger partial charge in [0.25, 0.3) is 0 Å². The van der Waals surface area contributed by atoms with E-state index < -0.39 is 27.2 Å². The summed E-state index contributed by atoms with van der Waals surface area (Å²) in [6, 6.07) is 5.13. The molecule has 0 bridgehead atoms. The maximum Gasteiger partial charge on any atom is 0.319 e. The zero-order valence-corrected chi connectivity index (χ0v) is 16.1. The second kappa shape index (κ2) is 8.26. The largest absolute Gasteiger partial charge is 0.381 e. The lowest BCUT2D eigenvalue weighted by molar-refractivity contribution is -0.134. The minimum Gasteiger partial charge on any atom is -0.381 e. The first-order valence-corrected chi connectivity index (χ1v) is 10.7. The van der Waals surface area contributed by atoms with E-state index in [1.54, 1.807) is 24.1 Å². The number of sulfone groups is 1. The summed E-state index contributed by atoms with van der Waals surface area (Å²) in [5.41, 5.74) is 0.372. The molecule has 148 valence electrons. The molecule has 2 N–H and O–H groups in total. The van der Waals surface area contributed by atoms with Gasteiger partial charge in [-0.15, -0.1) is 0 Å². The number of nitrogens with one attached hydrogen (secondary N) is 2. The van der Waals surface area contributed by atoms with Crippen molar-refractivity contribution in [3.8, 4) is 0 Å².